The lowest BCUT2D eigenvalue weighted by Gasteiger charge is -2.24. The van der Waals surface area contributed by atoms with Gasteiger partial charge in [-0.05, 0) is 35.9 Å². The minimum absolute atomic E-state index is 0.115. The monoisotopic (exact) mass is 417 g/mol. The molecule has 1 amide bonds. The Morgan fingerprint density at radius 1 is 1.00 bits per heavy atom. The van der Waals surface area contributed by atoms with Crippen LogP contribution in [0.4, 0.5) is 5.69 Å². The van der Waals surface area contributed by atoms with Crippen molar-refractivity contribution in [3.8, 4) is 6.07 Å². The fourth-order valence-corrected chi connectivity index (χ4v) is 3.85. The quantitative estimate of drug-likeness (QED) is 0.448. The molecule has 0 heterocycles. The van der Waals surface area contributed by atoms with Gasteiger partial charge in [0.25, 0.3) is 0 Å². The summed E-state index contributed by atoms with van der Waals surface area (Å²) in [7, 11) is 0. The first-order chi connectivity index (χ1) is 14.1. The molecule has 0 unspecified atom stereocenters. The van der Waals surface area contributed by atoms with E-state index in [1.807, 2.05) is 65.6 Å². The topological polar surface area (TPSA) is 56.1 Å². The second-order valence-electron chi connectivity index (χ2n) is 6.26. The fraction of sp³-hybridized carbons (Fsp3) is 0.0870. The summed E-state index contributed by atoms with van der Waals surface area (Å²) in [6.07, 6.45) is 0. The summed E-state index contributed by atoms with van der Waals surface area (Å²) in [4.78, 5) is 15.6. The number of hydrogen-bond donors (Lipinski definition) is 1. The van der Waals surface area contributed by atoms with Gasteiger partial charge in [-0.2, -0.15) is 5.26 Å². The van der Waals surface area contributed by atoms with E-state index in [9.17, 15) is 4.79 Å². The van der Waals surface area contributed by atoms with Crippen LogP contribution >= 0.6 is 24.0 Å². The third kappa shape index (κ3) is 6.46. The van der Waals surface area contributed by atoms with E-state index < -0.39 is 0 Å². The number of nitrogens with zero attached hydrogens (tertiary/aromatic N) is 2. The number of carbonyl (C=O) groups excluding carboxylic acids is 1. The zero-order valence-corrected chi connectivity index (χ0v) is 17.2. The van der Waals surface area contributed by atoms with Gasteiger partial charge >= 0.3 is 0 Å². The predicted molar refractivity (Wildman–Crippen MR) is 122 cm³/mol. The number of anilines is 1. The maximum absolute atomic E-state index is 12.7. The zero-order valence-electron chi connectivity index (χ0n) is 15.6. The van der Waals surface area contributed by atoms with E-state index in [0.29, 0.717) is 22.1 Å². The lowest BCUT2D eigenvalue weighted by Crippen LogP contribution is -2.35. The Kier molecular flexibility index (Phi) is 7.40. The molecule has 0 saturated carbocycles. The Balaban J connectivity index is 1.72. The SMILES string of the molecule is N#Cc1cccc(NC(=O)CN(Cc2ccccc2)C(=S)Sc2ccccc2)c1. The van der Waals surface area contributed by atoms with Gasteiger partial charge in [-0.1, -0.05) is 78.6 Å². The number of hydrogen-bond acceptors (Lipinski definition) is 4. The Morgan fingerprint density at radius 3 is 2.38 bits per heavy atom. The number of thiocarbonyl (C=S) groups is 1. The molecular formula is C23H19N3OS2. The molecule has 0 radical (unpaired) electrons. The van der Waals surface area contributed by atoms with Gasteiger partial charge in [0.1, 0.15) is 4.32 Å². The van der Waals surface area contributed by atoms with Gasteiger partial charge in [0.2, 0.25) is 5.91 Å². The normalized spacial score (nSPS) is 10.0. The maximum atomic E-state index is 12.7. The van der Waals surface area contributed by atoms with Crippen molar-refractivity contribution in [1.82, 2.24) is 4.90 Å². The molecule has 0 bridgehead atoms. The van der Waals surface area contributed by atoms with Gasteiger partial charge < -0.3 is 10.2 Å². The molecule has 4 nitrogen and oxygen atoms in total. The van der Waals surface area contributed by atoms with Gasteiger partial charge in [0, 0.05) is 17.1 Å². The van der Waals surface area contributed by atoms with Crippen LogP contribution in [0, 0.1) is 11.3 Å². The molecule has 29 heavy (non-hydrogen) atoms. The third-order valence-electron chi connectivity index (χ3n) is 4.03. The largest absolute Gasteiger partial charge is 0.344 e. The minimum atomic E-state index is -0.188. The lowest BCUT2D eigenvalue weighted by molar-refractivity contribution is -0.116. The van der Waals surface area contributed by atoms with Crippen LogP contribution in [0.3, 0.4) is 0 Å². The fourth-order valence-electron chi connectivity index (χ4n) is 2.68. The van der Waals surface area contributed by atoms with Crippen molar-refractivity contribution in [3.05, 3.63) is 96.1 Å². The summed E-state index contributed by atoms with van der Waals surface area (Å²) in [6.45, 7) is 0.648. The molecule has 3 rings (SSSR count). The van der Waals surface area contributed by atoms with E-state index in [1.54, 1.807) is 24.3 Å². The second kappa shape index (κ2) is 10.4. The van der Waals surface area contributed by atoms with E-state index in [0.717, 1.165) is 10.5 Å². The van der Waals surface area contributed by atoms with Crippen LogP contribution in [0.2, 0.25) is 0 Å². The minimum Gasteiger partial charge on any atom is -0.344 e. The Hall–Kier alpha value is -3.14. The van der Waals surface area contributed by atoms with Crippen molar-refractivity contribution in [3.63, 3.8) is 0 Å². The average Bonchev–Trinajstić information content (AvgIpc) is 2.75. The molecule has 3 aromatic carbocycles. The van der Waals surface area contributed by atoms with Crippen molar-refractivity contribution in [2.75, 3.05) is 11.9 Å². The van der Waals surface area contributed by atoms with E-state index in [2.05, 4.69) is 11.4 Å². The van der Waals surface area contributed by atoms with Crippen molar-refractivity contribution < 1.29 is 4.79 Å². The number of benzene rings is 3. The van der Waals surface area contributed by atoms with Crippen LogP contribution in [-0.4, -0.2) is 21.7 Å². The first kappa shape index (κ1) is 20.6. The van der Waals surface area contributed by atoms with Crippen molar-refractivity contribution in [2.45, 2.75) is 11.4 Å². The number of amides is 1. The lowest BCUT2D eigenvalue weighted by atomic mass is 10.2. The number of nitriles is 1. The van der Waals surface area contributed by atoms with Crippen LogP contribution < -0.4 is 5.32 Å². The number of thioether (sulfide) groups is 1. The summed E-state index contributed by atoms with van der Waals surface area (Å²) in [5.74, 6) is -0.188. The van der Waals surface area contributed by atoms with Gasteiger partial charge in [0.15, 0.2) is 0 Å². The molecule has 0 aliphatic heterocycles. The highest BCUT2D eigenvalue weighted by Crippen LogP contribution is 2.23. The molecule has 0 fully saturated rings. The molecule has 0 atom stereocenters. The second-order valence-corrected chi connectivity index (χ2v) is 7.97. The summed E-state index contributed by atoms with van der Waals surface area (Å²) < 4.78 is 0.626. The summed E-state index contributed by atoms with van der Waals surface area (Å²) >= 11 is 7.10. The first-order valence-electron chi connectivity index (χ1n) is 9.00. The van der Waals surface area contributed by atoms with Crippen molar-refractivity contribution >= 4 is 39.9 Å². The molecular weight excluding hydrogens is 398 g/mol. The molecule has 0 spiro atoms. The number of nitrogens with one attached hydrogen (secondary N) is 1. The predicted octanol–water partition coefficient (Wildman–Crippen LogP) is 5.08. The smallest absolute Gasteiger partial charge is 0.243 e. The van der Waals surface area contributed by atoms with Crippen molar-refractivity contribution in [2.24, 2.45) is 0 Å². The Labute approximate surface area is 180 Å². The van der Waals surface area contributed by atoms with E-state index in [-0.39, 0.29) is 12.5 Å². The maximum Gasteiger partial charge on any atom is 0.243 e. The van der Waals surface area contributed by atoms with E-state index in [4.69, 9.17) is 17.5 Å². The van der Waals surface area contributed by atoms with Gasteiger partial charge in [-0.15, -0.1) is 0 Å². The molecule has 0 aliphatic rings. The number of rotatable bonds is 6. The first-order valence-corrected chi connectivity index (χ1v) is 10.2. The van der Waals surface area contributed by atoms with Gasteiger partial charge in [0.05, 0.1) is 18.2 Å². The van der Waals surface area contributed by atoms with Gasteiger partial charge in [-0.3, -0.25) is 4.79 Å². The van der Waals surface area contributed by atoms with Crippen LogP contribution in [0.15, 0.2) is 89.8 Å². The summed E-state index contributed by atoms with van der Waals surface area (Å²) in [5.41, 5.74) is 2.16. The van der Waals surface area contributed by atoms with Crippen LogP contribution in [0.25, 0.3) is 0 Å². The molecule has 144 valence electrons. The van der Waals surface area contributed by atoms with E-state index in [1.165, 1.54) is 11.8 Å². The van der Waals surface area contributed by atoms with E-state index >= 15 is 0 Å². The molecule has 3 aromatic rings. The molecule has 0 saturated heterocycles. The molecule has 0 aromatic heterocycles. The van der Waals surface area contributed by atoms with Crippen LogP contribution in [0.5, 0.6) is 0 Å². The standard InChI is InChI=1S/C23H19N3OS2/c24-15-19-10-7-11-20(14-19)25-22(27)17-26(16-18-8-3-1-4-9-18)23(28)29-21-12-5-2-6-13-21/h1-14H,16-17H2,(H,25,27). The molecule has 0 aliphatic carbocycles. The molecule has 1 N–H and O–H groups in total. The highest BCUT2D eigenvalue weighted by Gasteiger charge is 2.16. The van der Waals surface area contributed by atoms with Gasteiger partial charge in [-0.25, -0.2) is 0 Å². The van der Waals surface area contributed by atoms with Crippen LogP contribution in [0.1, 0.15) is 11.1 Å². The zero-order chi connectivity index (χ0) is 20.5. The average molecular weight is 418 g/mol. The molecule has 6 heteroatoms. The highest BCUT2D eigenvalue weighted by atomic mass is 32.2. The third-order valence-corrected chi connectivity index (χ3v) is 5.48. The Morgan fingerprint density at radius 2 is 1.69 bits per heavy atom. The van der Waals surface area contributed by atoms with Crippen LogP contribution in [-0.2, 0) is 11.3 Å². The summed E-state index contributed by atoms with van der Waals surface area (Å²) in [5, 5.41) is 11.9. The Bertz CT molecular complexity index is 1020. The van der Waals surface area contributed by atoms with Crippen molar-refractivity contribution in [1.29, 1.82) is 5.26 Å². The summed E-state index contributed by atoms with van der Waals surface area (Å²) in [6, 6.07) is 28.7. The highest BCUT2D eigenvalue weighted by molar-refractivity contribution is 8.22. The number of carbonyl (C=O) groups is 1.